The minimum Gasteiger partial charge on any atom is -0.425 e. The van der Waals surface area contributed by atoms with Crippen LogP contribution in [-0.4, -0.2) is 56.4 Å². The topological polar surface area (TPSA) is 168 Å². The summed E-state index contributed by atoms with van der Waals surface area (Å²) in [6.07, 6.45) is 0. The zero-order valence-electron chi connectivity index (χ0n) is 9.54. The summed E-state index contributed by atoms with van der Waals surface area (Å²) in [4.78, 5) is 1.28. The van der Waals surface area contributed by atoms with Crippen molar-refractivity contribution < 1.29 is 20.6 Å². The van der Waals surface area contributed by atoms with Gasteiger partial charge >= 0.3 is 0 Å². The Morgan fingerprint density at radius 3 is 1.89 bits per heavy atom. The second-order valence-electron chi connectivity index (χ2n) is 3.46. The Hall–Kier alpha value is -2.20. The lowest BCUT2D eigenvalue weighted by molar-refractivity contribution is 0.136. The number of nitrogen functional groups attached to an aromatic ring is 1. The number of nitrogens with zero attached hydrogens (tertiary/aromatic N) is 3. The smallest absolute Gasteiger partial charge is 0.209 e. The summed E-state index contributed by atoms with van der Waals surface area (Å²) in [5.41, 5.74) is 4.17. The molecular weight excluding hydrogens is 244 g/mol. The van der Waals surface area contributed by atoms with E-state index in [-0.39, 0.29) is 42.7 Å². The first-order chi connectivity index (χ1) is 8.45. The van der Waals surface area contributed by atoms with Gasteiger partial charge in [-0.05, 0) is 0 Å². The number of aliphatic hydroxyl groups excluding tert-OH is 2. The number of nitrogens with one attached hydrogen (secondary N) is 2. The third kappa shape index (κ3) is 2.24. The first-order valence-corrected chi connectivity index (χ1v) is 5.07. The van der Waals surface area contributed by atoms with Gasteiger partial charge in [-0.2, -0.15) is 0 Å². The molecule has 0 spiro atoms. The number of hydrogen-bond acceptors (Lipinski definition) is 8. The van der Waals surface area contributed by atoms with E-state index >= 15 is 0 Å². The molecule has 10 heteroatoms. The minimum atomic E-state index is -0.688. The van der Waals surface area contributed by atoms with Crippen LogP contribution in [-0.2, 0) is 0 Å². The molecule has 0 amide bonds. The third-order valence-electron chi connectivity index (χ3n) is 2.35. The maximum Gasteiger partial charge on any atom is 0.209 e. The van der Waals surface area contributed by atoms with Crippen molar-refractivity contribution in [2.24, 2.45) is 0 Å². The molecule has 0 aliphatic carbocycles. The van der Waals surface area contributed by atoms with E-state index < -0.39 is 11.0 Å². The average Bonchev–Trinajstić information content (AvgIpc) is 2.35. The van der Waals surface area contributed by atoms with Crippen LogP contribution in [0.4, 0.5) is 11.6 Å². The normalized spacial score (nSPS) is 10.6. The summed E-state index contributed by atoms with van der Waals surface area (Å²) in [6, 6.07) is 0. The van der Waals surface area contributed by atoms with Crippen LogP contribution in [0, 0.1) is 10.8 Å². The molecule has 0 atom stereocenters. The standard InChI is InChI=1S/C8H16N6O4/c9-5-6(10)14(18)8(7(11)13(5)17)12(1-3-15)2-4-16/h9-10,15-18H,1-4,11H2. The zero-order valence-corrected chi connectivity index (χ0v) is 9.54. The monoisotopic (exact) mass is 260 g/mol. The van der Waals surface area contributed by atoms with Crippen molar-refractivity contribution >= 4 is 11.6 Å². The highest BCUT2D eigenvalue weighted by atomic mass is 16.5. The largest absolute Gasteiger partial charge is 0.425 e. The van der Waals surface area contributed by atoms with Crippen LogP contribution >= 0.6 is 0 Å². The van der Waals surface area contributed by atoms with E-state index in [1.54, 1.807) is 0 Å². The van der Waals surface area contributed by atoms with Crippen molar-refractivity contribution in [3.8, 4) is 0 Å². The summed E-state index contributed by atoms with van der Waals surface area (Å²) in [6.45, 7) is -0.494. The summed E-state index contributed by atoms with van der Waals surface area (Å²) >= 11 is 0. The summed E-state index contributed by atoms with van der Waals surface area (Å²) in [7, 11) is 0. The molecule has 0 saturated heterocycles. The van der Waals surface area contributed by atoms with Gasteiger partial charge < -0.3 is 31.3 Å². The number of aromatic nitrogens is 2. The molecule has 0 unspecified atom stereocenters. The minimum absolute atomic E-state index is 0.0299. The van der Waals surface area contributed by atoms with Gasteiger partial charge in [-0.3, -0.25) is 10.8 Å². The molecule has 10 nitrogen and oxygen atoms in total. The third-order valence-corrected chi connectivity index (χ3v) is 2.35. The van der Waals surface area contributed by atoms with Gasteiger partial charge in [-0.25, -0.2) is 0 Å². The van der Waals surface area contributed by atoms with E-state index in [9.17, 15) is 10.4 Å². The molecule has 1 rings (SSSR count). The fraction of sp³-hybridized carbons (Fsp3) is 0.500. The molecule has 1 aromatic heterocycles. The van der Waals surface area contributed by atoms with Crippen LogP contribution in [0.5, 0.6) is 0 Å². The number of hydrogen-bond donors (Lipinski definition) is 7. The van der Waals surface area contributed by atoms with Crippen molar-refractivity contribution in [1.29, 1.82) is 10.8 Å². The van der Waals surface area contributed by atoms with Gasteiger partial charge in [-0.1, -0.05) is 0 Å². The highest BCUT2D eigenvalue weighted by Gasteiger charge is 2.18. The Morgan fingerprint density at radius 1 is 1.00 bits per heavy atom. The van der Waals surface area contributed by atoms with Gasteiger partial charge in [0, 0.05) is 13.1 Å². The molecular formula is C8H16N6O4. The number of rotatable bonds is 5. The van der Waals surface area contributed by atoms with Crippen molar-refractivity contribution in [2.45, 2.75) is 0 Å². The Bertz CT molecular complexity index is 530. The second-order valence-corrected chi connectivity index (χ2v) is 3.46. The molecule has 0 saturated carbocycles. The highest BCUT2D eigenvalue weighted by molar-refractivity contribution is 5.58. The highest BCUT2D eigenvalue weighted by Crippen LogP contribution is 2.17. The van der Waals surface area contributed by atoms with E-state index in [4.69, 9.17) is 26.8 Å². The first kappa shape index (κ1) is 13.9. The molecule has 0 radical (unpaired) electrons. The van der Waals surface area contributed by atoms with Crippen LogP contribution in [0.25, 0.3) is 0 Å². The summed E-state index contributed by atoms with van der Waals surface area (Å²) in [5.74, 6) is -0.554. The summed E-state index contributed by atoms with van der Waals surface area (Å²) in [5, 5.41) is 51.7. The molecule has 0 aliphatic heterocycles. The number of anilines is 2. The van der Waals surface area contributed by atoms with E-state index in [0.29, 0.717) is 4.73 Å². The van der Waals surface area contributed by atoms with Crippen molar-refractivity contribution in [3.63, 3.8) is 0 Å². The molecule has 0 aromatic carbocycles. The van der Waals surface area contributed by atoms with Crippen LogP contribution in [0.1, 0.15) is 0 Å². The number of aliphatic hydroxyl groups is 2. The van der Waals surface area contributed by atoms with Crippen molar-refractivity contribution in [2.75, 3.05) is 36.9 Å². The fourth-order valence-corrected chi connectivity index (χ4v) is 1.49. The first-order valence-electron chi connectivity index (χ1n) is 5.07. The van der Waals surface area contributed by atoms with Gasteiger partial charge in [0.05, 0.1) is 13.2 Å². The van der Waals surface area contributed by atoms with Crippen LogP contribution in [0.15, 0.2) is 0 Å². The Morgan fingerprint density at radius 2 is 1.44 bits per heavy atom. The van der Waals surface area contributed by atoms with Gasteiger partial charge in [-0.15, -0.1) is 9.46 Å². The zero-order chi connectivity index (χ0) is 13.9. The Balaban J connectivity index is 3.47. The second kappa shape index (κ2) is 5.42. The average molecular weight is 260 g/mol. The fourth-order valence-electron chi connectivity index (χ4n) is 1.49. The van der Waals surface area contributed by atoms with Gasteiger partial charge in [0.15, 0.2) is 11.6 Å². The van der Waals surface area contributed by atoms with Gasteiger partial charge in [0.25, 0.3) is 0 Å². The number of nitrogens with two attached hydrogens (primary N) is 1. The van der Waals surface area contributed by atoms with Crippen molar-refractivity contribution in [1.82, 2.24) is 9.46 Å². The Kier molecular flexibility index (Phi) is 4.18. The van der Waals surface area contributed by atoms with E-state index in [1.807, 2.05) is 0 Å². The van der Waals surface area contributed by atoms with E-state index in [2.05, 4.69) is 0 Å². The predicted octanol–water partition coefficient (Wildman–Crippen LogP) is -2.90. The lowest BCUT2D eigenvalue weighted by Gasteiger charge is -2.25. The molecule has 1 heterocycles. The van der Waals surface area contributed by atoms with Crippen molar-refractivity contribution in [3.05, 3.63) is 11.0 Å². The maximum atomic E-state index is 9.71. The SMILES string of the molecule is N=c1c(=N)n(O)c(N(CCO)CCO)c(N)n1O. The lowest BCUT2D eigenvalue weighted by atomic mass is 10.4. The van der Waals surface area contributed by atoms with E-state index in [1.165, 1.54) is 4.90 Å². The molecule has 0 fully saturated rings. The van der Waals surface area contributed by atoms with Crippen LogP contribution in [0.3, 0.4) is 0 Å². The molecule has 102 valence electrons. The molecule has 8 N–H and O–H groups in total. The van der Waals surface area contributed by atoms with Gasteiger partial charge in [0.2, 0.25) is 11.0 Å². The lowest BCUT2D eigenvalue weighted by Crippen LogP contribution is -2.45. The molecule has 18 heavy (non-hydrogen) atoms. The van der Waals surface area contributed by atoms with E-state index in [0.717, 1.165) is 0 Å². The molecule has 0 bridgehead atoms. The Labute approximate surface area is 101 Å². The van der Waals surface area contributed by atoms with Crippen LogP contribution in [0.2, 0.25) is 0 Å². The predicted molar refractivity (Wildman–Crippen MR) is 59.3 cm³/mol. The quantitative estimate of drug-likeness (QED) is 0.280. The molecule has 0 aliphatic rings. The van der Waals surface area contributed by atoms with Gasteiger partial charge in [0.1, 0.15) is 0 Å². The summed E-state index contributed by atoms with van der Waals surface area (Å²) < 4.78 is 0.557. The molecule has 1 aromatic rings. The van der Waals surface area contributed by atoms with Crippen LogP contribution < -0.4 is 21.6 Å². The maximum absolute atomic E-state index is 9.71.